The molecule has 1 N–H and O–H groups in total. The van der Waals surface area contributed by atoms with Crippen LogP contribution in [0.15, 0.2) is 40.9 Å². The molecule has 1 unspecified atom stereocenters. The van der Waals surface area contributed by atoms with Crippen LogP contribution in [0.1, 0.15) is 68.4 Å². The summed E-state index contributed by atoms with van der Waals surface area (Å²) >= 11 is 6.47. The molecule has 4 atom stereocenters. The van der Waals surface area contributed by atoms with E-state index >= 15 is 0 Å². The second-order valence-electron chi connectivity index (χ2n) is 10.7. The fraction of sp³-hybridized carbons (Fsp3) is 0.433. The number of aromatic nitrogens is 3. The van der Waals surface area contributed by atoms with Gasteiger partial charge in [-0.1, -0.05) is 22.8 Å². The lowest BCUT2D eigenvalue weighted by Gasteiger charge is -2.27. The van der Waals surface area contributed by atoms with E-state index in [4.69, 9.17) is 30.6 Å². The Morgan fingerprint density at radius 3 is 2.67 bits per heavy atom. The van der Waals surface area contributed by atoms with Gasteiger partial charge >= 0.3 is 0 Å². The number of halogens is 1. The Morgan fingerprint density at radius 1 is 1.15 bits per heavy atom. The van der Waals surface area contributed by atoms with Gasteiger partial charge in [-0.3, -0.25) is 4.79 Å². The van der Waals surface area contributed by atoms with Crippen LogP contribution in [0.3, 0.4) is 0 Å². The van der Waals surface area contributed by atoms with Crippen molar-refractivity contribution in [2.45, 2.75) is 77.4 Å². The molecule has 4 aromatic rings. The van der Waals surface area contributed by atoms with E-state index in [0.717, 1.165) is 64.4 Å². The summed E-state index contributed by atoms with van der Waals surface area (Å²) < 4.78 is 18.8. The summed E-state index contributed by atoms with van der Waals surface area (Å²) in [6, 6.07) is 11.5. The van der Waals surface area contributed by atoms with Gasteiger partial charge in [0.05, 0.1) is 41.0 Å². The number of ether oxygens (including phenoxy) is 2. The zero-order valence-electron chi connectivity index (χ0n) is 23.1. The summed E-state index contributed by atoms with van der Waals surface area (Å²) in [4.78, 5) is 20.3. The molecule has 2 aromatic carbocycles. The number of carbonyl (C=O) groups is 1. The largest absolute Gasteiger partial charge is 0.495 e. The first-order valence-electron chi connectivity index (χ1n) is 13.7. The predicted molar refractivity (Wildman–Crippen MR) is 152 cm³/mol. The first kappa shape index (κ1) is 26.8. The highest BCUT2D eigenvalue weighted by Gasteiger charge is 2.39. The van der Waals surface area contributed by atoms with Gasteiger partial charge in [-0.05, 0) is 82.3 Å². The molecule has 1 saturated heterocycles. The minimum Gasteiger partial charge on any atom is -0.495 e. The first-order chi connectivity index (χ1) is 19.2. The minimum absolute atomic E-state index is 0.0305. The number of carbonyl (C=O) groups excluding carboxylic acids is 1. The summed E-state index contributed by atoms with van der Waals surface area (Å²) in [6.45, 7) is 5.48. The monoisotopic (exact) mass is 564 g/mol. The van der Waals surface area contributed by atoms with Crippen molar-refractivity contribution < 1.29 is 23.9 Å². The van der Waals surface area contributed by atoms with Crippen LogP contribution in [0.25, 0.3) is 22.2 Å². The van der Waals surface area contributed by atoms with Gasteiger partial charge < -0.3 is 28.6 Å². The van der Waals surface area contributed by atoms with Crippen molar-refractivity contribution in [3.63, 3.8) is 0 Å². The maximum atomic E-state index is 13.3. The smallest absolute Gasteiger partial charge is 0.227 e. The van der Waals surface area contributed by atoms with E-state index in [2.05, 4.69) is 27.9 Å². The molecule has 1 aliphatic carbocycles. The molecule has 9 nitrogen and oxygen atoms in total. The molecular formula is C30H33ClN4O5. The molecule has 6 rings (SSSR count). The van der Waals surface area contributed by atoms with Gasteiger partial charge in [0.25, 0.3) is 0 Å². The molecule has 210 valence electrons. The van der Waals surface area contributed by atoms with Gasteiger partial charge in [-0.15, -0.1) is 0 Å². The molecule has 1 saturated carbocycles. The standard InChI is InChI=1S/C30H33ClN4O5/c1-16-29(17(2)40-33-16)19-5-9-25-24(13-19)32-30(35(25)20-6-8-22(14-20)39-18(3)36)26-10-12-28(37)34(26)21-7-11-27(38-4)23(31)15-21/h5,7,9,11,13,15,18,20,22,26,36H,6,8,10,12,14H2,1-4H3/t18?,20-,22-,26+/m1/s1. The molecule has 10 heteroatoms. The minimum atomic E-state index is -0.817. The number of anilines is 1. The zero-order chi connectivity index (χ0) is 28.1. The number of aliphatic hydroxyl groups is 1. The van der Waals surface area contributed by atoms with Crippen LogP contribution in [-0.4, -0.2) is 45.2 Å². The van der Waals surface area contributed by atoms with E-state index in [1.807, 2.05) is 24.8 Å². The third-order valence-electron chi connectivity index (χ3n) is 8.07. The number of aryl methyl sites for hydroxylation is 2. The quantitative estimate of drug-likeness (QED) is 0.263. The summed E-state index contributed by atoms with van der Waals surface area (Å²) in [5.41, 5.74) is 5.35. The van der Waals surface area contributed by atoms with Gasteiger partial charge in [0.1, 0.15) is 17.3 Å². The number of hydrogen-bond acceptors (Lipinski definition) is 7. The Balaban J connectivity index is 1.47. The summed E-state index contributed by atoms with van der Waals surface area (Å²) in [7, 11) is 1.57. The fourth-order valence-corrected chi connectivity index (χ4v) is 6.65. The van der Waals surface area contributed by atoms with Crippen LogP contribution in [0.2, 0.25) is 5.02 Å². The normalized spacial score (nSPS) is 22.0. The SMILES string of the molecule is COc1ccc(N2C(=O)CC[C@H]2c2nc3cc(-c4c(C)noc4C)ccc3n2[C@@H]2CC[C@@H](OC(C)O)C2)cc1Cl. The summed E-state index contributed by atoms with van der Waals surface area (Å²) in [6.07, 6.45) is 2.68. The van der Waals surface area contributed by atoms with E-state index < -0.39 is 6.29 Å². The molecule has 1 aliphatic heterocycles. The Labute approximate surface area is 237 Å². The Bertz CT molecular complexity index is 1560. The lowest BCUT2D eigenvalue weighted by molar-refractivity contribution is -0.121. The number of aliphatic hydroxyl groups excluding tert-OH is 1. The van der Waals surface area contributed by atoms with Gasteiger partial charge in [0.2, 0.25) is 5.91 Å². The summed E-state index contributed by atoms with van der Waals surface area (Å²) in [5, 5.41) is 14.4. The van der Waals surface area contributed by atoms with Crippen LogP contribution in [-0.2, 0) is 9.53 Å². The lowest BCUT2D eigenvalue weighted by atomic mass is 10.0. The van der Waals surface area contributed by atoms with E-state index in [9.17, 15) is 9.90 Å². The molecule has 3 heterocycles. The van der Waals surface area contributed by atoms with Gasteiger partial charge in [-0.2, -0.15) is 0 Å². The number of benzene rings is 2. The summed E-state index contributed by atoms with van der Waals surface area (Å²) in [5.74, 6) is 2.19. The number of fused-ring (bicyclic) bond motifs is 1. The van der Waals surface area contributed by atoms with Crippen LogP contribution >= 0.6 is 11.6 Å². The maximum Gasteiger partial charge on any atom is 0.227 e. The number of nitrogens with zero attached hydrogens (tertiary/aromatic N) is 4. The van der Waals surface area contributed by atoms with Crippen molar-refractivity contribution in [2.75, 3.05) is 12.0 Å². The molecular weight excluding hydrogens is 532 g/mol. The van der Waals surface area contributed by atoms with Crippen LogP contribution in [0, 0.1) is 13.8 Å². The molecule has 2 aliphatic rings. The average molecular weight is 565 g/mol. The molecule has 2 aromatic heterocycles. The lowest BCUT2D eigenvalue weighted by Crippen LogP contribution is -2.30. The Kier molecular flexibility index (Phi) is 7.06. The average Bonchev–Trinajstić information content (AvgIpc) is 3.68. The predicted octanol–water partition coefficient (Wildman–Crippen LogP) is 6.29. The van der Waals surface area contributed by atoms with Gasteiger partial charge in [0.15, 0.2) is 6.29 Å². The highest BCUT2D eigenvalue weighted by atomic mass is 35.5. The molecule has 40 heavy (non-hydrogen) atoms. The fourth-order valence-electron chi connectivity index (χ4n) is 6.40. The maximum absolute atomic E-state index is 13.3. The second-order valence-corrected chi connectivity index (χ2v) is 11.1. The van der Waals surface area contributed by atoms with E-state index in [1.54, 1.807) is 26.2 Å². The highest BCUT2D eigenvalue weighted by Crippen LogP contribution is 2.44. The number of imidazole rings is 1. The van der Waals surface area contributed by atoms with Crippen LogP contribution in [0.5, 0.6) is 5.75 Å². The Morgan fingerprint density at radius 2 is 1.98 bits per heavy atom. The Hall–Kier alpha value is -3.40. The molecule has 0 spiro atoms. The van der Waals surface area contributed by atoms with Gasteiger partial charge in [-0.25, -0.2) is 4.98 Å². The third kappa shape index (κ3) is 4.66. The van der Waals surface area contributed by atoms with E-state index in [1.165, 1.54) is 0 Å². The highest BCUT2D eigenvalue weighted by molar-refractivity contribution is 6.32. The van der Waals surface area contributed by atoms with Crippen molar-refractivity contribution in [2.24, 2.45) is 0 Å². The number of methoxy groups -OCH3 is 1. The molecule has 1 amide bonds. The number of amides is 1. The molecule has 0 radical (unpaired) electrons. The second kappa shape index (κ2) is 10.5. The first-order valence-corrected chi connectivity index (χ1v) is 14.1. The van der Waals surface area contributed by atoms with E-state index in [-0.39, 0.29) is 24.1 Å². The van der Waals surface area contributed by atoms with Crippen molar-refractivity contribution in [3.8, 4) is 16.9 Å². The zero-order valence-corrected chi connectivity index (χ0v) is 23.8. The number of hydrogen-bond donors (Lipinski definition) is 1. The van der Waals surface area contributed by atoms with Crippen molar-refractivity contribution in [1.29, 1.82) is 0 Å². The van der Waals surface area contributed by atoms with Crippen molar-refractivity contribution >= 4 is 34.2 Å². The van der Waals surface area contributed by atoms with Crippen LogP contribution < -0.4 is 9.64 Å². The molecule has 2 fully saturated rings. The van der Waals surface area contributed by atoms with Gasteiger partial charge in [0, 0.05) is 23.7 Å². The molecule has 0 bridgehead atoms. The number of rotatable bonds is 7. The topological polar surface area (TPSA) is 103 Å². The third-order valence-corrected chi connectivity index (χ3v) is 8.37. The van der Waals surface area contributed by atoms with Crippen molar-refractivity contribution in [3.05, 3.63) is 58.7 Å². The van der Waals surface area contributed by atoms with Crippen molar-refractivity contribution in [1.82, 2.24) is 14.7 Å². The van der Waals surface area contributed by atoms with Crippen LogP contribution in [0.4, 0.5) is 5.69 Å². The van der Waals surface area contributed by atoms with E-state index in [0.29, 0.717) is 23.6 Å².